The molecule has 0 aromatic heterocycles. The second-order valence-corrected chi connectivity index (χ2v) is 3.59. The summed E-state index contributed by atoms with van der Waals surface area (Å²) < 4.78 is 4.99. The predicted molar refractivity (Wildman–Crippen MR) is 54.2 cm³/mol. The standard InChI is InChI=1S/C9H17N3O2/c1-9(2,3)14-8(13)11-6-4-5-7-12-10/h12H,6-7,10H2,1-3H3,(H,11,13). The van der Waals surface area contributed by atoms with E-state index in [1.54, 1.807) is 20.8 Å². The van der Waals surface area contributed by atoms with E-state index < -0.39 is 11.7 Å². The van der Waals surface area contributed by atoms with E-state index in [0.29, 0.717) is 6.54 Å². The molecule has 5 nitrogen and oxygen atoms in total. The summed E-state index contributed by atoms with van der Waals surface area (Å²) in [7, 11) is 0. The van der Waals surface area contributed by atoms with Gasteiger partial charge < -0.3 is 10.1 Å². The number of rotatable bonds is 2. The first-order valence-corrected chi connectivity index (χ1v) is 4.32. The quantitative estimate of drug-likeness (QED) is 0.332. The highest BCUT2D eigenvalue weighted by Gasteiger charge is 2.14. The summed E-state index contributed by atoms with van der Waals surface area (Å²) in [4.78, 5) is 11.0. The van der Waals surface area contributed by atoms with Gasteiger partial charge in [0.25, 0.3) is 0 Å². The van der Waals surface area contributed by atoms with Gasteiger partial charge in [-0.3, -0.25) is 5.84 Å². The Bertz CT molecular complexity index is 235. The van der Waals surface area contributed by atoms with Crippen LogP contribution >= 0.6 is 0 Å². The molecule has 0 aromatic rings. The number of hydrazine groups is 1. The topological polar surface area (TPSA) is 76.4 Å². The first-order chi connectivity index (χ1) is 6.45. The lowest BCUT2D eigenvalue weighted by molar-refractivity contribution is 0.0535. The molecule has 0 atom stereocenters. The van der Waals surface area contributed by atoms with E-state index in [0.717, 1.165) is 0 Å². The zero-order chi connectivity index (χ0) is 11.0. The van der Waals surface area contributed by atoms with Crippen LogP contribution in [0.15, 0.2) is 0 Å². The Balaban J connectivity index is 3.62. The molecule has 0 fully saturated rings. The van der Waals surface area contributed by atoms with E-state index in [2.05, 4.69) is 22.6 Å². The Morgan fingerprint density at radius 2 is 1.93 bits per heavy atom. The minimum atomic E-state index is -0.476. The maximum absolute atomic E-state index is 11.0. The van der Waals surface area contributed by atoms with Crippen molar-refractivity contribution in [1.29, 1.82) is 0 Å². The molecule has 14 heavy (non-hydrogen) atoms. The molecule has 0 aliphatic carbocycles. The lowest BCUT2D eigenvalue weighted by Crippen LogP contribution is -2.32. The van der Waals surface area contributed by atoms with Crippen LogP contribution in [0.2, 0.25) is 0 Å². The fourth-order valence-corrected chi connectivity index (χ4v) is 0.607. The molecule has 0 aliphatic rings. The Morgan fingerprint density at radius 3 is 2.43 bits per heavy atom. The van der Waals surface area contributed by atoms with Gasteiger partial charge in [-0.1, -0.05) is 11.8 Å². The number of ether oxygens (including phenoxy) is 1. The predicted octanol–water partition coefficient (Wildman–Crippen LogP) is -0.0222. The van der Waals surface area contributed by atoms with Crippen molar-refractivity contribution in [2.75, 3.05) is 13.1 Å². The van der Waals surface area contributed by atoms with Crippen molar-refractivity contribution in [3.63, 3.8) is 0 Å². The molecule has 0 bridgehead atoms. The first-order valence-electron chi connectivity index (χ1n) is 4.32. The van der Waals surface area contributed by atoms with Gasteiger partial charge in [0.15, 0.2) is 0 Å². The lowest BCUT2D eigenvalue weighted by Gasteiger charge is -2.18. The third-order valence-electron chi connectivity index (χ3n) is 1.04. The van der Waals surface area contributed by atoms with Crippen LogP contribution in [0.3, 0.4) is 0 Å². The van der Waals surface area contributed by atoms with E-state index in [4.69, 9.17) is 10.6 Å². The van der Waals surface area contributed by atoms with Crippen molar-refractivity contribution >= 4 is 6.09 Å². The summed E-state index contributed by atoms with van der Waals surface area (Å²) in [5.41, 5.74) is 1.90. The summed E-state index contributed by atoms with van der Waals surface area (Å²) in [5.74, 6) is 10.4. The highest BCUT2D eigenvalue weighted by Crippen LogP contribution is 2.05. The number of hydrogen-bond acceptors (Lipinski definition) is 4. The average molecular weight is 199 g/mol. The molecule has 0 rings (SSSR count). The molecule has 0 radical (unpaired) electrons. The minimum Gasteiger partial charge on any atom is -0.444 e. The number of amides is 1. The van der Waals surface area contributed by atoms with Crippen molar-refractivity contribution in [2.24, 2.45) is 5.84 Å². The first kappa shape index (κ1) is 12.8. The van der Waals surface area contributed by atoms with E-state index in [-0.39, 0.29) is 6.54 Å². The lowest BCUT2D eigenvalue weighted by atomic mass is 10.2. The summed E-state index contributed by atoms with van der Waals surface area (Å²) in [5, 5.41) is 2.49. The zero-order valence-electron chi connectivity index (χ0n) is 8.81. The monoisotopic (exact) mass is 199 g/mol. The van der Waals surface area contributed by atoms with Gasteiger partial charge in [-0.2, -0.15) is 0 Å². The highest BCUT2D eigenvalue weighted by molar-refractivity contribution is 5.67. The van der Waals surface area contributed by atoms with E-state index in [1.165, 1.54) is 0 Å². The number of alkyl carbamates (subject to hydrolysis) is 1. The molecule has 0 spiro atoms. The third kappa shape index (κ3) is 8.84. The minimum absolute atomic E-state index is 0.261. The summed E-state index contributed by atoms with van der Waals surface area (Å²) in [6, 6.07) is 0. The molecule has 80 valence electrons. The zero-order valence-corrected chi connectivity index (χ0v) is 8.81. The third-order valence-corrected chi connectivity index (χ3v) is 1.04. The molecule has 5 heteroatoms. The average Bonchev–Trinajstić information content (AvgIpc) is 2.00. The summed E-state index contributed by atoms with van der Waals surface area (Å²) >= 11 is 0. The van der Waals surface area contributed by atoms with Gasteiger partial charge in [0.1, 0.15) is 5.60 Å². The molecule has 0 unspecified atom stereocenters. The Hall–Kier alpha value is -1.25. The van der Waals surface area contributed by atoms with Crippen LogP contribution in [-0.4, -0.2) is 24.8 Å². The molecule has 0 saturated heterocycles. The number of hydrogen-bond donors (Lipinski definition) is 3. The van der Waals surface area contributed by atoms with Crippen LogP contribution in [-0.2, 0) is 4.74 Å². The van der Waals surface area contributed by atoms with Crippen molar-refractivity contribution in [1.82, 2.24) is 10.7 Å². The smallest absolute Gasteiger partial charge is 0.408 e. The molecule has 4 N–H and O–H groups in total. The van der Waals surface area contributed by atoms with Crippen LogP contribution in [0.5, 0.6) is 0 Å². The molecule has 1 amide bonds. The Kier molecular flexibility index (Phi) is 5.68. The number of carbonyl (C=O) groups is 1. The van der Waals surface area contributed by atoms with Crippen molar-refractivity contribution < 1.29 is 9.53 Å². The van der Waals surface area contributed by atoms with Crippen molar-refractivity contribution in [2.45, 2.75) is 26.4 Å². The molecule has 0 saturated carbocycles. The molecule has 0 aromatic carbocycles. The van der Waals surface area contributed by atoms with E-state index in [9.17, 15) is 4.79 Å². The van der Waals surface area contributed by atoms with Gasteiger partial charge in [-0.25, -0.2) is 10.2 Å². The fraction of sp³-hybridized carbons (Fsp3) is 0.667. The molecule has 0 aliphatic heterocycles. The van der Waals surface area contributed by atoms with Gasteiger partial charge in [-0.05, 0) is 20.8 Å². The Labute approximate surface area is 84.3 Å². The largest absolute Gasteiger partial charge is 0.444 e. The van der Waals surface area contributed by atoms with Crippen LogP contribution in [0.25, 0.3) is 0 Å². The fourth-order valence-electron chi connectivity index (χ4n) is 0.607. The number of carbonyl (C=O) groups excluding carboxylic acids is 1. The molecule has 0 heterocycles. The van der Waals surface area contributed by atoms with Gasteiger partial charge in [0.05, 0.1) is 13.1 Å². The van der Waals surface area contributed by atoms with Gasteiger partial charge in [-0.15, -0.1) is 0 Å². The van der Waals surface area contributed by atoms with E-state index in [1.807, 2.05) is 0 Å². The second kappa shape index (κ2) is 6.24. The van der Waals surface area contributed by atoms with Crippen molar-refractivity contribution in [3.05, 3.63) is 0 Å². The summed E-state index contributed by atoms with van der Waals surface area (Å²) in [6.07, 6.45) is -0.465. The number of nitrogens with one attached hydrogen (secondary N) is 2. The van der Waals surface area contributed by atoms with Crippen molar-refractivity contribution in [3.8, 4) is 11.8 Å². The maximum atomic E-state index is 11.0. The van der Waals surface area contributed by atoms with Crippen LogP contribution in [0.1, 0.15) is 20.8 Å². The van der Waals surface area contributed by atoms with Crippen LogP contribution < -0.4 is 16.6 Å². The van der Waals surface area contributed by atoms with Gasteiger partial charge in [0, 0.05) is 0 Å². The van der Waals surface area contributed by atoms with E-state index >= 15 is 0 Å². The Morgan fingerprint density at radius 1 is 1.36 bits per heavy atom. The molecular formula is C9H17N3O2. The second-order valence-electron chi connectivity index (χ2n) is 3.59. The SMILES string of the molecule is CC(C)(C)OC(=O)NCC#CCNN. The van der Waals surface area contributed by atoms with Gasteiger partial charge in [0.2, 0.25) is 0 Å². The maximum Gasteiger partial charge on any atom is 0.408 e. The van der Waals surface area contributed by atoms with Crippen LogP contribution in [0.4, 0.5) is 4.79 Å². The highest BCUT2D eigenvalue weighted by atomic mass is 16.6. The van der Waals surface area contributed by atoms with Gasteiger partial charge >= 0.3 is 6.09 Å². The molecular weight excluding hydrogens is 182 g/mol. The number of nitrogens with two attached hydrogens (primary N) is 1. The normalized spacial score (nSPS) is 10.0. The summed E-state index contributed by atoms with van der Waals surface area (Å²) in [6.45, 7) is 6.07. The van der Waals surface area contributed by atoms with Crippen LogP contribution in [0, 0.1) is 11.8 Å².